The number of likely N-dealkylation sites (tertiary alicyclic amines) is 1. The molecule has 3 rings (SSSR count). The van der Waals surface area contributed by atoms with Gasteiger partial charge in [0.1, 0.15) is 0 Å². The van der Waals surface area contributed by atoms with Crippen LogP contribution in [0.2, 0.25) is 0 Å². The highest BCUT2D eigenvalue weighted by Gasteiger charge is 2.61. The predicted molar refractivity (Wildman–Crippen MR) is 76.1 cm³/mol. The number of ether oxygens (including phenoxy) is 1. The zero-order chi connectivity index (χ0) is 15.4. The molecule has 112 valence electrons. The second kappa shape index (κ2) is 4.23. The van der Waals surface area contributed by atoms with E-state index >= 15 is 0 Å². The van der Waals surface area contributed by atoms with Crippen LogP contribution in [0.25, 0.3) is 0 Å². The molecule has 0 aliphatic carbocycles. The number of hydrogen-bond donors (Lipinski definition) is 1. The van der Waals surface area contributed by atoms with Crippen molar-refractivity contribution in [3.63, 3.8) is 0 Å². The molecule has 1 aromatic carbocycles. The molecule has 1 saturated heterocycles. The van der Waals surface area contributed by atoms with Crippen molar-refractivity contribution >= 4 is 12.1 Å². The van der Waals surface area contributed by atoms with E-state index in [1.165, 1.54) is 4.90 Å². The minimum atomic E-state index is -0.966. The first-order chi connectivity index (χ1) is 9.77. The summed E-state index contributed by atoms with van der Waals surface area (Å²) in [7, 11) is 0. The Morgan fingerprint density at radius 1 is 1.38 bits per heavy atom. The van der Waals surface area contributed by atoms with Crippen LogP contribution in [0.1, 0.15) is 43.1 Å². The number of carbonyl (C=O) groups is 2. The Morgan fingerprint density at radius 2 is 2.05 bits per heavy atom. The van der Waals surface area contributed by atoms with Gasteiger partial charge in [0, 0.05) is 18.5 Å². The van der Waals surface area contributed by atoms with Crippen molar-refractivity contribution in [2.75, 3.05) is 6.54 Å². The van der Waals surface area contributed by atoms with Crippen LogP contribution in [0.15, 0.2) is 24.3 Å². The number of esters is 1. The molecule has 2 aliphatic rings. The topological polar surface area (TPSA) is 66.8 Å². The van der Waals surface area contributed by atoms with Crippen LogP contribution in [0, 0.1) is 5.41 Å². The van der Waals surface area contributed by atoms with Crippen LogP contribution >= 0.6 is 0 Å². The highest BCUT2D eigenvalue weighted by molar-refractivity contribution is 5.95. The van der Waals surface area contributed by atoms with Gasteiger partial charge in [-0.1, -0.05) is 39.0 Å². The maximum atomic E-state index is 12.2. The van der Waals surface area contributed by atoms with Crippen molar-refractivity contribution in [3.8, 4) is 0 Å². The number of rotatable bonds is 0. The van der Waals surface area contributed by atoms with E-state index in [4.69, 9.17) is 4.74 Å². The number of hydrogen-bond acceptors (Lipinski definition) is 3. The number of nitrogens with zero attached hydrogens (tertiary/aromatic N) is 1. The first-order valence-corrected chi connectivity index (χ1v) is 7.10. The molecule has 2 atom stereocenters. The number of fused-ring (bicyclic) bond motifs is 2. The standard InChI is InChI=1S/C16H19NO4/c1-15(2,3)13-16(8-9-17(13)14(19)20)11-7-5-4-6-10(11)12(18)21-16/h4-7,13H,8-9H2,1-3H3,(H,19,20). The van der Waals surface area contributed by atoms with Crippen LogP contribution in [-0.4, -0.2) is 34.7 Å². The molecular formula is C16H19NO4. The SMILES string of the molecule is CC(C)(C)C1N(C(=O)O)CCC12OC(=O)c1ccccc12. The van der Waals surface area contributed by atoms with E-state index in [1.807, 2.05) is 32.9 Å². The second-order valence-electron chi connectivity index (χ2n) is 6.82. The number of carboxylic acid groups (broad SMARTS) is 1. The lowest BCUT2D eigenvalue weighted by Gasteiger charge is -2.41. The molecule has 1 spiro atoms. The van der Waals surface area contributed by atoms with Gasteiger partial charge in [-0.15, -0.1) is 0 Å². The zero-order valence-electron chi connectivity index (χ0n) is 12.4. The van der Waals surface area contributed by atoms with Gasteiger partial charge in [0.05, 0.1) is 11.6 Å². The van der Waals surface area contributed by atoms with Gasteiger partial charge in [-0.25, -0.2) is 9.59 Å². The van der Waals surface area contributed by atoms with Gasteiger partial charge in [0.2, 0.25) is 0 Å². The van der Waals surface area contributed by atoms with E-state index in [1.54, 1.807) is 12.1 Å². The van der Waals surface area contributed by atoms with Gasteiger partial charge < -0.3 is 14.7 Å². The van der Waals surface area contributed by atoms with E-state index in [-0.39, 0.29) is 11.4 Å². The van der Waals surface area contributed by atoms with E-state index in [2.05, 4.69) is 0 Å². The minimum Gasteiger partial charge on any atom is -0.465 e. The van der Waals surface area contributed by atoms with E-state index in [9.17, 15) is 14.7 Å². The molecular weight excluding hydrogens is 270 g/mol. The Hall–Kier alpha value is -2.04. The molecule has 1 N–H and O–H groups in total. The van der Waals surface area contributed by atoms with Gasteiger partial charge in [0.15, 0.2) is 5.60 Å². The molecule has 5 nitrogen and oxygen atoms in total. The summed E-state index contributed by atoms with van der Waals surface area (Å²) in [5.74, 6) is -0.355. The van der Waals surface area contributed by atoms with Gasteiger partial charge in [-0.3, -0.25) is 0 Å². The quantitative estimate of drug-likeness (QED) is 0.746. The highest BCUT2D eigenvalue weighted by Crippen LogP contribution is 2.52. The molecule has 2 aliphatic heterocycles. The maximum absolute atomic E-state index is 12.2. The van der Waals surface area contributed by atoms with Gasteiger partial charge in [0.25, 0.3) is 0 Å². The molecule has 1 fully saturated rings. The lowest BCUT2D eigenvalue weighted by Crippen LogP contribution is -2.52. The third kappa shape index (κ3) is 1.83. The lowest BCUT2D eigenvalue weighted by atomic mass is 9.73. The smallest absolute Gasteiger partial charge is 0.407 e. The third-order valence-electron chi connectivity index (χ3n) is 4.42. The van der Waals surface area contributed by atoms with Crippen molar-refractivity contribution in [1.82, 2.24) is 4.90 Å². The summed E-state index contributed by atoms with van der Waals surface area (Å²) < 4.78 is 5.76. The molecule has 0 aromatic heterocycles. The number of carbonyl (C=O) groups excluding carboxylic acids is 1. The van der Waals surface area contributed by atoms with Crippen LogP contribution in [-0.2, 0) is 10.3 Å². The first kappa shape index (κ1) is 13.9. The predicted octanol–water partition coefficient (Wildman–Crippen LogP) is 2.85. The fraction of sp³-hybridized carbons (Fsp3) is 0.500. The molecule has 0 saturated carbocycles. The van der Waals surface area contributed by atoms with Crippen LogP contribution in [0.3, 0.4) is 0 Å². The molecule has 1 aromatic rings. The number of amides is 1. The van der Waals surface area contributed by atoms with E-state index < -0.39 is 17.7 Å². The number of benzene rings is 1. The molecule has 21 heavy (non-hydrogen) atoms. The minimum absolute atomic E-state index is 0.341. The van der Waals surface area contributed by atoms with Crippen LogP contribution < -0.4 is 0 Å². The van der Waals surface area contributed by atoms with Crippen molar-refractivity contribution in [2.24, 2.45) is 5.41 Å². The Balaban J connectivity index is 2.18. The summed E-state index contributed by atoms with van der Waals surface area (Å²) in [5.41, 5.74) is 0.175. The Bertz CT molecular complexity index is 619. The van der Waals surface area contributed by atoms with Crippen molar-refractivity contribution in [2.45, 2.75) is 38.8 Å². The molecule has 2 unspecified atom stereocenters. The molecule has 2 heterocycles. The third-order valence-corrected chi connectivity index (χ3v) is 4.42. The summed E-state index contributed by atoms with van der Waals surface area (Å²) in [5, 5.41) is 9.49. The van der Waals surface area contributed by atoms with Gasteiger partial charge >= 0.3 is 12.1 Å². The summed E-state index contributed by atoms with van der Waals surface area (Å²) in [6, 6.07) is 6.90. The van der Waals surface area contributed by atoms with Crippen LogP contribution in [0.5, 0.6) is 0 Å². The van der Waals surface area contributed by atoms with Crippen molar-refractivity contribution < 1.29 is 19.4 Å². The summed E-state index contributed by atoms with van der Waals surface area (Å²) in [4.78, 5) is 25.2. The largest absolute Gasteiger partial charge is 0.465 e. The maximum Gasteiger partial charge on any atom is 0.407 e. The molecule has 1 amide bonds. The van der Waals surface area contributed by atoms with E-state index in [0.29, 0.717) is 18.5 Å². The first-order valence-electron chi connectivity index (χ1n) is 7.10. The summed E-state index contributed by atoms with van der Waals surface area (Å²) in [6.07, 6.45) is -0.462. The van der Waals surface area contributed by atoms with Crippen LogP contribution in [0.4, 0.5) is 4.79 Å². The molecule has 5 heteroatoms. The van der Waals surface area contributed by atoms with Gasteiger partial charge in [-0.2, -0.15) is 0 Å². The lowest BCUT2D eigenvalue weighted by molar-refractivity contribution is -0.0531. The normalized spacial score (nSPS) is 27.9. The summed E-state index contributed by atoms with van der Waals surface area (Å²) >= 11 is 0. The Labute approximate surface area is 123 Å². The Morgan fingerprint density at radius 3 is 2.67 bits per heavy atom. The highest BCUT2D eigenvalue weighted by atomic mass is 16.6. The fourth-order valence-corrected chi connectivity index (χ4v) is 3.87. The van der Waals surface area contributed by atoms with E-state index in [0.717, 1.165) is 5.56 Å². The average Bonchev–Trinajstić information content (AvgIpc) is 2.91. The zero-order valence-corrected chi connectivity index (χ0v) is 12.4. The van der Waals surface area contributed by atoms with Crippen molar-refractivity contribution in [1.29, 1.82) is 0 Å². The Kier molecular flexibility index (Phi) is 2.80. The molecule has 0 radical (unpaired) electrons. The van der Waals surface area contributed by atoms with Gasteiger partial charge in [-0.05, 0) is 11.5 Å². The fourth-order valence-electron chi connectivity index (χ4n) is 3.87. The average molecular weight is 289 g/mol. The summed E-state index contributed by atoms with van der Waals surface area (Å²) in [6.45, 7) is 6.32. The second-order valence-corrected chi connectivity index (χ2v) is 6.82. The molecule has 0 bridgehead atoms. The van der Waals surface area contributed by atoms with Crippen molar-refractivity contribution in [3.05, 3.63) is 35.4 Å². The monoisotopic (exact) mass is 289 g/mol.